The predicted molar refractivity (Wildman–Crippen MR) is 98.6 cm³/mol. The smallest absolute Gasteiger partial charge is 0.319 e. The van der Waals surface area contributed by atoms with Gasteiger partial charge in [-0.1, -0.05) is 24.3 Å². The Balaban J connectivity index is 1.65. The van der Waals surface area contributed by atoms with Crippen molar-refractivity contribution in [1.29, 1.82) is 0 Å². The van der Waals surface area contributed by atoms with E-state index in [1.807, 2.05) is 31.3 Å². The SMILES string of the molecule is Cn1ncc(Br)c1-c1cccc(NC(=O)NCc2ccc(F)cc2)c1. The molecule has 0 unspecified atom stereocenters. The number of nitrogens with zero attached hydrogens (tertiary/aromatic N) is 2. The number of hydrogen-bond acceptors (Lipinski definition) is 2. The molecule has 0 fully saturated rings. The monoisotopic (exact) mass is 402 g/mol. The zero-order valence-corrected chi connectivity index (χ0v) is 15.0. The van der Waals surface area contributed by atoms with Gasteiger partial charge in [0.15, 0.2) is 0 Å². The highest BCUT2D eigenvalue weighted by Gasteiger charge is 2.10. The Kier molecular flexibility index (Phi) is 5.14. The van der Waals surface area contributed by atoms with Crippen LogP contribution in [-0.4, -0.2) is 15.8 Å². The minimum absolute atomic E-state index is 0.300. The summed E-state index contributed by atoms with van der Waals surface area (Å²) in [5.41, 5.74) is 3.35. The van der Waals surface area contributed by atoms with E-state index < -0.39 is 0 Å². The lowest BCUT2D eigenvalue weighted by Gasteiger charge is -2.10. The number of amides is 2. The number of aromatic nitrogens is 2. The number of nitrogens with one attached hydrogen (secondary N) is 2. The number of carbonyl (C=O) groups is 1. The molecule has 7 heteroatoms. The van der Waals surface area contributed by atoms with Crippen molar-refractivity contribution in [3.8, 4) is 11.3 Å². The molecule has 0 atom stereocenters. The van der Waals surface area contributed by atoms with E-state index in [4.69, 9.17) is 0 Å². The quantitative estimate of drug-likeness (QED) is 0.682. The van der Waals surface area contributed by atoms with Crippen LogP contribution in [0.25, 0.3) is 11.3 Å². The van der Waals surface area contributed by atoms with E-state index >= 15 is 0 Å². The van der Waals surface area contributed by atoms with Crippen molar-refractivity contribution in [2.24, 2.45) is 7.05 Å². The summed E-state index contributed by atoms with van der Waals surface area (Å²) < 4.78 is 15.5. The summed E-state index contributed by atoms with van der Waals surface area (Å²) in [5.74, 6) is -0.300. The molecule has 0 aliphatic heterocycles. The van der Waals surface area contributed by atoms with E-state index in [1.54, 1.807) is 23.0 Å². The molecule has 0 bridgehead atoms. The Bertz CT molecular complexity index is 873. The molecule has 2 aromatic carbocycles. The minimum Gasteiger partial charge on any atom is -0.334 e. The van der Waals surface area contributed by atoms with Crippen LogP contribution in [0.3, 0.4) is 0 Å². The van der Waals surface area contributed by atoms with Crippen molar-refractivity contribution in [3.05, 3.63) is 70.6 Å². The summed E-state index contributed by atoms with van der Waals surface area (Å²) >= 11 is 3.48. The minimum atomic E-state index is -0.328. The Labute approximate surface area is 153 Å². The van der Waals surface area contributed by atoms with Crippen LogP contribution in [0.15, 0.2) is 59.2 Å². The average molecular weight is 403 g/mol. The van der Waals surface area contributed by atoms with Crippen LogP contribution < -0.4 is 10.6 Å². The predicted octanol–water partition coefficient (Wildman–Crippen LogP) is 4.31. The van der Waals surface area contributed by atoms with Crippen molar-refractivity contribution >= 4 is 27.6 Å². The Morgan fingerprint density at radius 3 is 2.68 bits per heavy atom. The largest absolute Gasteiger partial charge is 0.334 e. The Hall–Kier alpha value is -2.67. The molecule has 5 nitrogen and oxygen atoms in total. The van der Waals surface area contributed by atoms with Crippen molar-refractivity contribution in [1.82, 2.24) is 15.1 Å². The summed E-state index contributed by atoms with van der Waals surface area (Å²) in [6, 6.07) is 13.2. The number of anilines is 1. The van der Waals surface area contributed by atoms with Crippen LogP contribution in [0, 0.1) is 5.82 Å². The average Bonchev–Trinajstić information content (AvgIpc) is 2.93. The Morgan fingerprint density at radius 2 is 2.00 bits per heavy atom. The molecule has 3 aromatic rings. The van der Waals surface area contributed by atoms with Gasteiger partial charge in [0.25, 0.3) is 0 Å². The summed E-state index contributed by atoms with van der Waals surface area (Å²) in [4.78, 5) is 12.1. The molecule has 2 N–H and O–H groups in total. The fourth-order valence-corrected chi connectivity index (χ4v) is 3.02. The van der Waals surface area contributed by atoms with E-state index in [9.17, 15) is 9.18 Å². The number of aryl methyl sites for hydroxylation is 1. The second-order valence-corrected chi connectivity index (χ2v) is 6.33. The maximum atomic E-state index is 12.9. The van der Waals surface area contributed by atoms with Crippen molar-refractivity contribution < 1.29 is 9.18 Å². The molecule has 1 aromatic heterocycles. The second-order valence-electron chi connectivity index (χ2n) is 5.48. The number of halogens is 2. The maximum absolute atomic E-state index is 12.9. The molecule has 128 valence electrons. The lowest BCUT2D eigenvalue weighted by molar-refractivity contribution is 0.251. The van der Waals surface area contributed by atoms with Crippen LogP contribution in [0.4, 0.5) is 14.9 Å². The highest BCUT2D eigenvalue weighted by atomic mass is 79.9. The van der Waals surface area contributed by atoms with Gasteiger partial charge in [-0.2, -0.15) is 5.10 Å². The van der Waals surface area contributed by atoms with Gasteiger partial charge < -0.3 is 10.6 Å². The van der Waals surface area contributed by atoms with Gasteiger partial charge in [-0.3, -0.25) is 4.68 Å². The van der Waals surface area contributed by atoms with Gasteiger partial charge in [-0.05, 0) is 45.8 Å². The third kappa shape index (κ3) is 4.24. The van der Waals surface area contributed by atoms with Crippen LogP contribution >= 0.6 is 15.9 Å². The third-order valence-corrected chi connectivity index (χ3v) is 4.23. The lowest BCUT2D eigenvalue weighted by atomic mass is 10.1. The first-order valence-corrected chi connectivity index (χ1v) is 8.39. The van der Waals surface area contributed by atoms with Crippen LogP contribution in [-0.2, 0) is 13.6 Å². The van der Waals surface area contributed by atoms with Gasteiger partial charge in [0, 0.05) is 24.8 Å². The molecule has 25 heavy (non-hydrogen) atoms. The molecule has 2 amide bonds. The van der Waals surface area contributed by atoms with Crippen molar-refractivity contribution in [2.45, 2.75) is 6.54 Å². The summed E-state index contributed by atoms with van der Waals surface area (Å²) in [5, 5.41) is 9.74. The zero-order valence-electron chi connectivity index (χ0n) is 13.5. The van der Waals surface area contributed by atoms with Crippen molar-refractivity contribution in [3.63, 3.8) is 0 Å². The maximum Gasteiger partial charge on any atom is 0.319 e. The van der Waals surface area contributed by atoms with E-state index in [-0.39, 0.29) is 11.8 Å². The molecule has 0 saturated heterocycles. The fourth-order valence-electron chi connectivity index (χ4n) is 2.44. The van der Waals surface area contributed by atoms with E-state index in [2.05, 4.69) is 31.7 Å². The number of hydrogen-bond donors (Lipinski definition) is 2. The van der Waals surface area contributed by atoms with Crippen molar-refractivity contribution in [2.75, 3.05) is 5.32 Å². The summed E-state index contributed by atoms with van der Waals surface area (Å²) in [6.07, 6.45) is 1.73. The van der Waals surface area contributed by atoms with E-state index in [1.165, 1.54) is 12.1 Å². The summed E-state index contributed by atoms with van der Waals surface area (Å²) in [6.45, 7) is 0.319. The van der Waals surface area contributed by atoms with E-state index in [0.29, 0.717) is 12.2 Å². The van der Waals surface area contributed by atoms with Gasteiger partial charge in [0.2, 0.25) is 0 Å². The molecule has 0 aliphatic rings. The van der Waals surface area contributed by atoms with Crippen LogP contribution in [0.2, 0.25) is 0 Å². The first kappa shape index (κ1) is 17.2. The fraction of sp³-hybridized carbons (Fsp3) is 0.111. The molecular weight excluding hydrogens is 387 g/mol. The van der Waals surface area contributed by atoms with Gasteiger partial charge in [0.1, 0.15) is 5.82 Å². The Morgan fingerprint density at radius 1 is 1.24 bits per heavy atom. The topological polar surface area (TPSA) is 59.0 Å². The number of rotatable bonds is 4. The lowest BCUT2D eigenvalue weighted by Crippen LogP contribution is -2.28. The normalized spacial score (nSPS) is 10.5. The molecular formula is C18H16BrFN4O. The standard InChI is InChI=1S/C18H16BrFN4O/c1-24-17(16(19)11-22-24)13-3-2-4-15(9-13)23-18(25)21-10-12-5-7-14(20)8-6-12/h2-9,11H,10H2,1H3,(H2,21,23,25). The highest BCUT2D eigenvalue weighted by molar-refractivity contribution is 9.10. The zero-order chi connectivity index (χ0) is 17.8. The van der Waals surface area contributed by atoms with Gasteiger partial charge in [-0.15, -0.1) is 0 Å². The van der Waals surface area contributed by atoms with Crippen LogP contribution in [0.5, 0.6) is 0 Å². The van der Waals surface area contributed by atoms with Gasteiger partial charge in [-0.25, -0.2) is 9.18 Å². The van der Waals surface area contributed by atoms with Gasteiger partial charge >= 0.3 is 6.03 Å². The third-order valence-electron chi connectivity index (χ3n) is 3.65. The first-order valence-electron chi connectivity index (χ1n) is 7.60. The van der Waals surface area contributed by atoms with Crippen LogP contribution in [0.1, 0.15) is 5.56 Å². The molecule has 1 heterocycles. The molecule has 0 aliphatic carbocycles. The number of benzene rings is 2. The first-order chi connectivity index (χ1) is 12.0. The molecule has 0 radical (unpaired) electrons. The molecule has 3 rings (SSSR count). The van der Waals surface area contributed by atoms with E-state index in [0.717, 1.165) is 21.3 Å². The number of urea groups is 1. The second kappa shape index (κ2) is 7.48. The highest BCUT2D eigenvalue weighted by Crippen LogP contribution is 2.29. The summed E-state index contributed by atoms with van der Waals surface area (Å²) in [7, 11) is 1.86. The number of carbonyl (C=O) groups excluding carboxylic acids is 1. The van der Waals surface area contributed by atoms with Gasteiger partial charge in [0.05, 0.1) is 16.4 Å². The molecule has 0 saturated carbocycles. The molecule has 0 spiro atoms.